The molecule has 6 aliphatic rings. The fraction of sp³-hybridized carbons (Fsp3) is 0.806. The van der Waals surface area contributed by atoms with Crippen molar-refractivity contribution in [2.45, 2.75) is 117 Å². The second-order valence-corrected chi connectivity index (χ2v) is 15.2. The van der Waals surface area contributed by atoms with E-state index in [0.717, 1.165) is 5.57 Å². The van der Waals surface area contributed by atoms with E-state index in [4.69, 9.17) is 9.47 Å². The Kier molecular flexibility index (Phi) is 4.69. The second kappa shape index (κ2) is 6.81. The van der Waals surface area contributed by atoms with Gasteiger partial charge in [0.2, 0.25) is 11.4 Å². The molecule has 38 heavy (non-hydrogen) atoms. The average molecular weight is 524 g/mol. The van der Waals surface area contributed by atoms with Gasteiger partial charge in [-0.3, -0.25) is 14.4 Å². The Morgan fingerprint density at radius 3 is 2.34 bits per heavy atom. The van der Waals surface area contributed by atoms with Gasteiger partial charge in [0.25, 0.3) is 0 Å². The van der Waals surface area contributed by atoms with Gasteiger partial charge in [0.1, 0.15) is 17.8 Å². The Morgan fingerprint density at radius 1 is 1.11 bits per heavy atom. The summed E-state index contributed by atoms with van der Waals surface area (Å²) in [6.45, 7) is 16.3. The number of rotatable bonds is 2. The van der Waals surface area contributed by atoms with Gasteiger partial charge in [-0.2, -0.15) is 5.26 Å². The summed E-state index contributed by atoms with van der Waals surface area (Å²) in [5, 5.41) is 21.6. The molecule has 2 aliphatic heterocycles. The van der Waals surface area contributed by atoms with Crippen LogP contribution in [0.4, 0.5) is 0 Å². The molecule has 0 aromatic heterocycles. The lowest BCUT2D eigenvalue weighted by Gasteiger charge is -2.68. The molecule has 6 rings (SSSR count). The lowest BCUT2D eigenvalue weighted by molar-refractivity contribution is -0.208. The smallest absolute Gasteiger partial charge is 0.313 e. The van der Waals surface area contributed by atoms with Gasteiger partial charge in [0, 0.05) is 22.7 Å². The number of hydrogen-bond donors (Lipinski definition) is 1. The van der Waals surface area contributed by atoms with E-state index in [1.807, 2.05) is 13.8 Å². The Morgan fingerprint density at radius 2 is 1.76 bits per heavy atom. The monoisotopic (exact) mass is 523 g/mol. The summed E-state index contributed by atoms with van der Waals surface area (Å²) in [5.74, 6) is -1.74. The second-order valence-electron chi connectivity index (χ2n) is 15.2. The minimum absolute atomic E-state index is 0.115. The zero-order chi connectivity index (χ0) is 28.1. The van der Waals surface area contributed by atoms with Crippen molar-refractivity contribution in [1.82, 2.24) is 0 Å². The standard InChI is InChI=1S/C31H41NO6/c1-9-29-13-12-26(6)25(5)11-10-17-27(7,22-30(16-32,37-22)21(34)28(17,8)36)18(25)14-20(33)31(26,38-23(29)35)19(29)15-24(2,3)4/h14,17,19,22,36H,9-13,15H2,1-8H3/t17-,19?,22-,25-,26+,27+,28+,29+,30+,31-/m1/s1. The van der Waals surface area contributed by atoms with Crippen LogP contribution in [-0.2, 0) is 23.9 Å². The van der Waals surface area contributed by atoms with Crippen molar-refractivity contribution in [3.8, 4) is 6.07 Å². The number of Topliss-reactive ketones (excluding diaryl/α,β-unsaturated/α-hetero) is 1. The number of epoxide rings is 1. The summed E-state index contributed by atoms with van der Waals surface area (Å²) in [5.41, 5.74) is -6.79. The van der Waals surface area contributed by atoms with Crippen molar-refractivity contribution in [2.24, 2.45) is 38.9 Å². The average Bonchev–Trinajstić information content (AvgIpc) is 3.55. The fourth-order valence-electron chi connectivity index (χ4n) is 10.5. The van der Waals surface area contributed by atoms with Crippen molar-refractivity contribution in [3.63, 3.8) is 0 Å². The molecule has 3 saturated carbocycles. The van der Waals surface area contributed by atoms with Crippen LogP contribution in [-0.4, -0.2) is 45.5 Å². The number of ether oxygens (including phenoxy) is 2. The quantitative estimate of drug-likeness (QED) is 0.419. The molecule has 1 N–H and O–H groups in total. The molecule has 2 heterocycles. The number of nitrogens with zero attached hydrogens (tertiary/aromatic N) is 1. The van der Waals surface area contributed by atoms with Crippen LogP contribution in [0.1, 0.15) is 93.9 Å². The number of nitriles is 1. The van der Waals surface area contributed by atoms with E-state index in [2.05, 4.69) is 40.7 Å². The SMILES string of the molecule is CC[C@@]12CC[C@@]3(C)[C@]4(C)CC[C@@H]5[C@@](C)(C4=CC(=O)[C@]3(OC1=O)C2CC(C)(C)C)[C@H]1O[C@@]1(C#N)C(=O)[C@@]5(C)O. The molecule has 206 valence electrons. The Hall–Kier alpha value is -2.04. The van der Waals surface area contributed by atoms with Crippen molar-refractivity contribution in [1.29, 1.82) is 5.26 Å². The first-order chi connectivity index (χ1) is 17.4. The van der Waals surface area contributed by atoms with Crippen LogP contribution in [0.25, 0.3) is 0 Å². The molecule has 0 aromatic rings. The third kappa shape index (κ3) is 2.40. The fourth-order valence-corrected chi connectivity index (χ4v) is 10.5. The van der Waals surface area contributed by atoms with Crippen LogP contribution in [0.15, 0.2) is 11.6 Å². The first kappa shape index (κ1) is 26.2. The van der Waals surface area contributed by atoms with Gasteiger partial charge in [-0.25, -0.2) is 0 Å². The van der Waals surface area contributed by atoms with E-state index >= 15 is 0 Å². The van der Waals surface area contributed by atoms with Gasteiger partial charge in [0.15, 0.2) is 11.4 Å². The summed E-state index contributed by atoms with van der Waals surface area (Å²) < 4.78 is 12.4. The number of esters is 1. The van der Waals surface area contributed by atoms with Gasteiger partial charge in [-0.1, -0.05) is 54.0 Å². The minimum atomic E-state index is -1.75. The van der Waals surface area contributed by atoms with Gasteiger partial charge in [-0.05, 0) is 62.4 Å². The van der Waals surface area contributed by atoms with Crippen molar-refractivity contribution in [3.05, 3.63) is 11.6 Å². The van der Waals surface area contributed by atoms with Crippen molar-refractivity contribution >= 4 is 17.5 Å². The predicted molar refractivity (Wildman–Crippen MR) is 137 cm³/mol. The summed E-state index contributed by atoms with van der Waals surface area (Å²) in [6.07, 6.45) is 4.80. The molecule has 0 amide bonds. The van der Waals surface area contributed by atoms with Crippen LogP contribution in [0.3, 0.4) is 0 Å². The summed E-state index contributed by atoms with van der Waals surface area (Å²) in [7, 11) is 0. The van der Waals surface area contributed by atoms with Crippen LogP contribution in [0.2, 0.25) is 0 Å². The molecule has 1 unspecified atom stereocenters. The van der Waals surface area contributed by atoms with Crippen molar-refractivity contribution in [2.75, 3.05) is 0 Å². The first-order valence-electron chi connectivity index (χ1n) is 14.3. The zero-order valence-corrected chi connectivity index (χ0v) is 24.0. The molecule has 0 aromatic carbocycles. The van der Waals surface area contributed by atoms with Crippen LogP contribution in [0, 0.1) is 50.2 Å². The zero-order valence-electron chi connectivity index (χ0n) is 24.0. The summed E-state index contributed by atoms with van der Waals surface area (Å²) in [4.78, 5) is 41.6. The minimum Gasteiger partial charge on any atom is -0.449 e. The molecular formula is C31H41NO6. The van der Waals surface area contributed by atoms with Gasteiger partial charge in [0.05, 0.1) is 5.41 Å². The highest BCUT2D eigenvalue weighted by atomic mass is 16.6. The summed E-state index contributed by atoms with van der Waals surface area (Å²) >= 11 is 0. The van der Waals surface area contributed by atoms with E-state index in [0.29, 0.717) is 38.5 Å². The van der Waals surface area contributed by atoms with Gasteiger partial charge >= 0.3 is 5.97 Å². The third-order valence-electron chi connectivity index (χ3n) is 12.6. The topological polar surface area (TPSA) is 117 Å². The molecule has 5 fully saturated rings. The van der Waals surface area contributed by atoms with E-state index < -0.39 is 56.3 Å². The van der Waals surface area contributed by atoms with E-state index in [9.17, 15) is 24.8 Å². The number of hydrogen-bond acceptors (Lipinski definition) is 7. The largest absolute Gasteiger partial charge is 0.449 e. The maximum atomic E-state index is 14.6. The molecule has 2 bridgehead atoms. The number of carbonyl (C=O) groups is 3. The maximum Gasteiger partial charge on any atom is 0.313 e. The molecule has 7 nitrogen and oxygen atoms in total. The van der Waals surface area contributed by atoms with Gasteiger partial charge in [-0.15, -0.1) is 0 Å². The van der Waals surface area contributed by atoms with Gasteiger partial charge < -0.3 is 14.6 Å². The molecule has 0 radical (unpaired) electrons. The van der Waals surface area contributed by atoms with Crippen LogP contribution >= 0.6 is 0 Å². The molecule has 4 aliphatic carbocycles. The van der Waals surface area contributed by atoms with Crippen LogP contribution < -0.4 is 0 Å². The maximum absolute atomic E-state index is 14.6. The normalized spacial score (nSPS) is 54.6. The van der Waals surface area contributed by atoms with E-state index in [1.54, 1.807) is 6.08 Å². The highest BCUT2D eigenvalue weighted by molar-refractivity contribution is 6.06. The van der Waals surface area contributed by atoms with E-state index in [-0.39, 0.29) is 23.1 Å². The molecule has 7 heteroatoms. The first-order valence-corrected chi connectivity index (χ1v) is 14.3. The molecule has 2 saturated heterocycles. The molecular weight excluding hydrogens is 482 g/mol. The highest BCUT2D eigenvalue weighted by Crippen LogP contribution is 2.79. The predicted octanol–water partition coefficient (Wildman–Crippen LogP) is 4.46. The molecule has 10 atom stereocenters. The number of carbonyl (C=O) groups excluding carboxylic acids is 3. The van der Waals surface area contributed by atoms with Crippen LogP contribution in [0.5, 0.6) is 0 Å². The Bertz CT molecular complexity index is 1270. The molecule has 1 spiro atoms. The number of aliphatic hydroxyl groups is 1. The third-order valence-corrected chi connectivity index (χ3v) is 12.6. The number of fused-ring (bicyclic) bond motifs is 7. The van der Waals surface area contributed by atoms with Crippen molar-refractivity contribution < 1.29 is 29.0 Å². The summed E-state index contributed by atoms with van der Waals surface area (Å²) in [6, 6.07) is 2.07. The lowest BCUT2D eigenvalue weighted by atomic mass is 9.34. The Balaban J connectivity index is 1.59. The Labute approximate surface area is 225 Å². The highest BCUT2D eigenvalue weighted by Gasteiger charge is 2.86. The lowest BCUT2D eigenvalue weighted by Crippen LogP contribution is -2.73. The number of ketones is 2. The van der Waals surface area contributed by atoms with E-state index in [1.165, 1.54) is 6.92 Å².